The molecule has 7 rings (SSSR count). The molecule has 0 radical (unpaired) electrons. The van der Waals surface area contributed by atoms with Crippen LogP contribution in [0.5, 0.6) is 0 Å². The van der Waals surface area contributed by atoms with Gasteiger partial charge in [0.15, 0.2) is 0 Å². The van der Waals surface area contributed by atoms with Gasteiger partial charge in [0, 0.05) is 44.7 Å². The second kappa shape index (κ2) is 10.2. The van der Waals surface area contributed by atoms with Crippen molar-refractivity contribution in [1.29, 1.82) is 0 Å². The Bertz CT molecular complexity index is 1340. The van der Waals surface area contributed by atoms with Gasteiger partial charge < -0.3 is 0 Å². The lowest BCUT2D eigenvalue weighted by atomic mass is 9.96. The Balaban J connectivity index is 1.08. The van der Waals surface area contributed by atoms with Crippen molar-refractivity contribution in [3.63, 3.8) is 0 Å². The lowest BCUT2D eigenvalue weighted by molar-refractivity contribution is -0.137. The molecule has 0 saturated carbocycles. The van der Waals surface area contributed by atoms with Crippen LogP contribution in [0, 0.1) is 0 Å². The summed E-state index contributed by atoms with van der Waals surface area (Å²) in [4.78, 5) is 31.8. The number of hydrogen-bond donors (Lipinski definition) is 2. The lowest BCUT2D eigenvalue weighted by Crippen LogP contribution is -2.51. The van der Waals surface area contributed by atoms with Crippen molar-refractivity contribution >= 4 is 24.4 Å². The van der Waals surface area contributed by atoms with Crippen LogP contribution in [0.2, 0.25) is 0 Å². The first-order chi connectivity index (χ1) is 19.1. The molecule has 0 aromatic heterocycles. The number of rotatable bonds is 6. The summed E-state index contributed by atoms with van der Waals surface area (Å²) in [5, 5.41) is 2.38. The van der Waals surface area contributed by atoms with Crippen molar-refractivity contribution in [3.05, 3.63) is 107 Å². The van der Waals surface area contributed by atoms with Crippen LogP contribution in [0.15, 0.2) is 78.9 Å². The fraction of sp³-hybridized carbons (Fsp3) is 0.375. The number of carbonyl (C=O) groups is 2. The van der Waals surface area contributed by atoms with E-state index in [2.05, 4.69) is 98.9 Å². The normalized spacial score (nSPS) is 27.3. The summed E-state index contributed by atoms with van der Waals surface area (Å²) in [7, 11) is 0. The molecule has 0 spiro atoms. The summed E-state index contributed by atoms with van der Waals surface area (Å²) in [5.74, 6) is -0.368. The minimum absolute atomic E-state index is 0.132. The topological polar surface area (TPSA) is 55.9 Å². The van der Waals surface area contributed by atoms with Gasteiger partial charge in [0.2, 0.25) is 11.8 Å². The molecule has 4 aliphatic rings. The van der Waals surface area contributed by atoms with Crippen molar-refractivity contribution in [2.45, 2.75) is 61.9 Å². The average molecular weight is 539 g/mol. The van der Waals surface area contributed by atoms with Crippen molar-refractivity contribution in [2.24, 2.45) is 0 Å². The first kappa shape index (κ1) is 25.0. The molecule has 0 aliphatic carbocycles. The van der Waals surface area contributed by atoms with E-state index >= 15 is 0 Å². The summed E-state index contributed by atoms with van der Waals surface area (Å²) in [6.45, 7) is 3.74. The number of imide groups is 1. The Morgan fingerprint density at radius 1 is 0.872 bits per heavy atom. The third-order valence-electron chi connectivity index (χ3n) is 9.18. The van der Waals surface area contributed by atoms with Gasteiger partial charge >= 0.3 is 0 Å². The number of likely N-dealkylation sites (tertiary alicyclic amines) is 2. The van der Waals surface area contributed by atoms with E-state index in [0.717, 1.165) is 19.6 Å². The SMILES string of the molecule is O=C1CCC(N2Cc3c(CN4CC5CC4CN5C(c4ccccc4)c4ccccc4)cccc3C2S)C(=O)N1. The molecule has 4 aliphatic heterocycles. The largest absolute Gasteiger partial charge is 0.295 e. The van der Waals surface area contributed by atoms with Crippen molar-refractivity contribution < 1.29 is 9.59 Å². The Hall–Kier alpha value is -2.97. The van der Waals surface area contributed by atoms with E-state index < -0.39 is 0 Å². The highest BCUT2D eigenvalue weighted by Gasteiger charge is 2.47. The van der Waals surface area contributed by atoms with E-state index in [4.69, 9.17) is 12.6 Å². The molecule has 39 heavy (non-hydrogen) atoms. The highest BCUT2D eigenvalue weighted by Crippen LogP contribution is 2.43. The van der Waals surface area contributed by atoms with Crippen molar-refractivity contribution in [1.82, 2.24) is 20.0 Å². The van der Waals surface area contributed by atoms with Gasteiger partial charge in [0.1, 0.15) is 0 Å². The fourth-order valence-electron chi connectivity index (χ4n) is 7.32. The molecule has 4 unspecified atom stereocenters. The monoisotopic (exact) mass is 538 g/mol. The van der Waals surface area contributed by atoms with Gasteiger partial charge in [-0.2, -0.15) is 12.6 Å². The molecule has 3 aromatic carbocycles. The molecular weight excluding hydrogens is 504 g/mol. The van der Waals surface area contributed by atoms with Crippen LogP contribution >= 0.6 is 12.6 Å². The smallest absolute Gasteiger partial charge is 0.243 e. The number of piperazine rings is 1. The van der Waals surface area contributed by atoms with Crippen LogP contribution in [-0.4, -0.2) is 57.7 Å². The zero-order valence-corrected chi connectivity index (χ0v) is 22.8. The molecule has 1 N–H and O–H groups in total. The number of fused-ring (bicyclic) bond motifs is 3. The first-order valence-electron chi connectivity index (χ1n) is 14.0. The standard InChI is InChI=1S/C32H34N4O2S/c37-29-15-14-28(31(38)33-29)36-20-27-23(12-7-13-26(27)32(36)39)17-34-18-25-16-24(34)19-35(25)30(21-8-3-1-4-9-21)22-10-5-2-6-11-22/h1-13,24-25,28,30,32,39H,14-20H2,(H,33,37,38). The Kier molecular flexibility index (Phi) is 6.55. The van der Waals surface area contributed by atoms with Gasteiger partial charge in [0.05, 0.1) is 17.5 Å². The van der Waals surface area contributed by atoms with Gasteiger partial charge in [-0.3, -0.25) is 29.6 Å². The lowest BCUT2D eigenvalue weighted by Gasteiger charge is -2.39. The Morgan fingerprint density at radius 3 is 2.23 bits per heavy atom. The highest BCUT2D eigenvalue weighted by molar-refractivity contribution is 7.80. The summed E-state index contributed by atoms with van der Waals surface area (Å²) in [6.07, 6.45) is 2.14. The molecule has 3 aromatic rings. The van der Waals surface area contributed by atoms with E-state index in [0.29, 0.717) is 31.5 Å². The molecule has 3 saturated heterocycles. The van der Waals surface area contributed by atoms with Crippen LogP contribution in [0.3, 0.4) is 0 Å². The van der Waals surface area contributed by atoms with Gasteiger partial charge in [0.25, 0.3) is 0 Å². The van der Waals surface area contributed by atoms with Crippen LogP contribution < -0.4 is 5.32 Å². The second-order valence-electron chi connectivity index (χ2n) is 11.4. The molecule has 200 valence electrons. The summed E-state index contributed by atoms with van der Waals surface area (Å²) in [5.41, 5.74) is 6.55. The van der Waals surface area contributed by atoms with Crippen molar-refractivity contribution in [2.75, 3.05) is 13.1 Å². The number of benzene rings is 3. The third kappa shape index (κ3) is 4.51. The first-order valence-corrected chi connectivity index (χ1v) is 14.6. The average Bonchev–Trinajstić information content (AvgIpc) is 3.64. The second-order valence-corrected chi connectivity index (χ2v) is 11.9. The molecule has 7 heteroatoms. The van der Waals surface area contributed by atoms with Crippen LogP contribution in [0.25, 0.3) is 0 Å². The number of hydrogen-bond acceptors (Lipinski definition) is 6. The molecule has 3 fully saturated rings. The third-order valence-corrected chi connectivity index (χ3v) is 9.76. The maximum Gasteiger partial charge on any atom is 0.243 e. The quantitative estimate of drug-likeness (QED) is 0.363. The van der Waals surface area contributed by atoms with E-state index in [1.807, 2.05) is 0 Å². The van der Waals surface area contributed by atoms with Crippen molar-refractivity contribution in [3.8, 4) is 0 Å². The number of amides is 2. The number of piperidine rings is 1. The Morgan fingerprint density at radius 2 is 1.59 bits per heavy atom. The molecule has 6 nitrogen and oxygen atoms in total. The maximum absolute atomic E-state index is 12.6. The van der Waals surface area contributed by atoms with E-state index in [9.17, 15) is 9.59 Å². The summed E-state index contributed by atoms with van der Waals surface area (Å²) < 4.78 is 0. The number of nitrogens with one attached hydrogen (secondary N) is 1. The van der Waals surface area contributed by atoms with Gasteiger partial charge in [-0.05, 0) is 40.7 Å². The summed E-state index contributed by atoms with van der Waals surface area (Å²) in [6, 6.07) is 29.4. The highest BCUT2D eigenvalue weighted by atomic mass is 32.1. The van der Waals surface area contributed by atoms with Crippen LogP contribution in [0.1, 0.15) is 58.5 Å². The minimum Gasteiger partial charge on any atom is -0.295 e. The van der Waals surface area contributed by atoms with E-state index in [1.54, 1.807) is 0 Å². The van der Waals surface area contributed by atoms with Crippen LogP contribution in [-0.2, 0) is 22.7 Å². The summed E-state index contributed by atoms with van der Waals surface area (Å²) >= 11 is 4.92. The molecule has 4 atom stereocenters. The van der Waals surface area contributed by atoms with E-state index in [-0.39, 0.29) is 29.3 Å². The molecular formula is C32H34N4O2S. The maximum atomic E-state index is 12.6. The van der Waals surface area contributed by atoms with E-state index in [1.165, 1.54) is 34.2 Å². The number of nitrogens with zero attached hydrogens (tertiary/aromatic N) is 3. The molecule has 2 amide bonds. The number of thiol groups is 1. The predicted octanol–water partition coefficient (Wildman–Crippen LogP) is 4.28. The number of carbonyl (C=O) groups excluding carboxylic acids is 2. The van der Waals surface area contributed by atoms with Crippen LogP contribution in [0.4, 0.5) is 0 Å². The zero-order valence-electron chi connectivity index (χ0n) is 21.9. The predicted molar refractivity (Wildman–Crippen MR) is 154 cm³/mol. The minimum atomic E-state index is -0.310. The fourth-order valence-corrected chi connectivity index (χ4v) is 7.80. The molecule has 2 bridgehead atoms. The van der Waals surface area contributed by atoms with Gasteiger partial charge in [-0.15, -0.1) is 0 Å². The molecule has 4 heterocycles. The van der Waals surface area contributed by atoms with Gasteiger partial charge in [-0.1, -0.05) is 78.9 Å². The zero-order chi connectivity index (χ0) is 26.5. The Labute approximate surface area is 235 Å². The van der Waals surface area contributed by atoms with Gasteiger partial charge in [-0.25, -0.2) is 0 Å².